The lowest BCUT2D eigenvalue weighted by molar-refractivity contribution is 0.669. The Morgan fingerprint density at radius 3 is 2.46 bits per heavy atom. The molecule has 0 fully saturated rings. The number of hydrogen-bond acceptors (Lipinski definition) is 1. The van der Waals surface area contributed by atoms with Gasteiger partial charge in [-0.25, -0.2) is 0 Å². The molecule has 0 atom stereocenters. The Morgan fingerprint density at radius 2 is 1.54 bits per heavy atom. The van der Waals surface area contributed by atoms with Crippen LogP contribution in [-0.4, -0.2) is 0 Å². The molecule has 0 saturated heterocycles. The zero-order valence-corrected chi connectivity index (χ0v) is 6.49. The van der Waals surface area contributed by atoms with Crippen LogP contribution in [0.25, 0.3) is 21.9 Å². The number of rotatable bonds is 0. The van der Waals surface area contributed by atoms with Gasteiger partial charge in [-0.2, -0.15) is 0 Å². The number of furan rings is 1. The maximum absolute atomic E-state index is 7.90. The molecule has 0 aliphatic rings. The highest BCUT2D eigenvalue weighted by Gasteiger charge is 2.02. The molecule has 0 aliphatic carbocycles. The third kappa shape index (κ3) is 0.872. The van der Waals surface area contributed by atoms with Gasteiger partial charge in [0, 0.05) is 10.8 Å². The van der Waals surface area contributed by atoms with Crippen molar-refractivity contribution in [2.75, 3.05) is 0 Å². The fraction of sp³-hybridized carbons (Fsp3) is 0. The monoisotopic (exact) mass is 175 g/mol. The van der Waals surface area contributed by atoms with E-state index in [4.69, 9.17) is 14.0 Å². The molecule has 0 amide bonds. The van der Waals surface area contributed by atoms with E-state index in [1.807, 2.05) is 0 Å². The first-order valence-electron chi connectivity index (χ1n) is 7.24. The molecule has 1 heteroatoms. The maximum Gasteiger partial charge on any atom is 0.135 e. The van der Waals surface area contributed by atoms with Crippen molar-refractivity contribution in [1.29, 1.82) is 0 Å². The largest absolute Gasteiger partial charge is 0.456 e. The molecule has 3 aromatic rings. The van der Waals surface area contributed by atoms with Gasteiger partial charge in [0.1, 0.15) is 11.2 Å². The summed E-state index contributed by atoms with van der Waals surface area (Å²) in [5.74, 6) is 0. The second-order valence-electron chi connectivity index (χ2n) is 2.58. The Bertz CT molecular complexity index is 881. The summed E-state index contributed by atoms with van der Waals surface area (Å²) in [7, 11) is 0. The van der Waals surface area contributed by atoms with Crippen LogP contribution >= 0.6 is 0 Å². The summed E-state index contributed by atoms with van der Waals surface area (Å²) in [5.41, 5.74) is 0.0718. The number of benzene rings is 2. The van der Waals surface area contributed by atoms with Gasteiger partial charge in [-0.15, -0.1) is 0 Å². The van der Waals surface area contributed by atoms with Gasteiger partial charge in [0.2, 0.25) is 0 Å². The van der Waals surface area contributed by atoms with Crippen molar-refractivity contribution in [1.82, 2.24) is 0 Å². The third-order valence-electron chi connectivity index (χ3n) is 1.82. The van der Waals surface area contributed by atoms with Gasteiger partial charge in [-0.05, 0) is 12.1 Å². The third-order valence-corrected chi connectivity index (χ3v) is 1.82. The Hall–Kier alpha value is -1.76. The highest BCUT2D eigenvalue weighted by molar-refractivity contribution is 6.04. The summed E-state index contributed by atoms with van der Waals surface area (Å²) in [6.07, 6.45) is 0. The Labute approximate surface area is 85.4 Å². The minimum absolute atomic E-state index is 0.0514. The molecular weight excluding hydrogens is 160 g/mol. The predicted molar refractivity (Wildman–Crippen MR) is 53.7 cm³/mol. The lowest BCUT2D eigenvalue weighted by Crippen LogP contribution is -1.62. The van der Waals surface area contributed by atoms with Crippen LogP contribution < -0.4 is 0 Å². The fourth-order valence-electron chi connectivity index (χ4n) is 1.26. The average Bonchev–Trinajstić information content (AvgIpc) is 2.79. The molecule has 0 unspecified atom stereocenters. The van der Waals surface area contributed by atoms with E-state index in [1.54, 1.807) is 0 Å². The zero-order valence-electron chi connectivity index (χ0n) is 13.5. The molecule has 0 bridgehead atoms. The van der Waals surface area contributed by atoms with Crippen LogP contribution in [0.5, 0.6) is 0 Å². The van der Waals surface area contributed by atoms with E-state index in [0.29, 0.717) is 0 Å². The molecule has 13 heavy (non-hydrogen) atoms. The molecule has 3 rings (SSSR count). The fourth-order valence-corrected chi connectivity index (χ4v) is 1.26. The van der Waals surface area contributed by atoms with Crippen LogP contribution in [0.2, 0.25) is 0 Å². The van der Waals surface area contributed by atoms with Crippen molar-refractivity contribution in [2.24, 2.45) is 0 Å². The van der Waals surface area contributed by atoms with E-state index < -0.39 is 12.1 Å². The standard InChI is InChI=1S/C12H8O/c1-3-7-11-9(5-1)10-6-2-4-8-12(10)13-11/h1-8H/i1D,2D,3D,4D,5D,6D,7D. The summed E-state index contributed by atoms with van der Waals surface area (Å²) < 4.78 is 59.5. The topological polar surface area (TPSA) is 13.1 Å². The van der Waals surface area contributed by atoms with Gasteiger partial charge >= 0.3 is 0 Å². The second kappa shape index (κ2) is 2.36. The maximum atomic E-state index is 7.90. The molecule has 1 aromatic heterocycles. The molecule has 0 radical (unpaired) electrons. The molecule has 0 saturated carbocycles. The van der Waals surface area contributed by atoms with E-state index in [-0.39, 0.29) is 52.2 Å². The Balaban J connectivity index is 2.69. The first-order chi connectivity index (χ1) is 9.34. The van der Waals surface area contributed by atoms with Gasteiger partial charge in [-0.1, -0.05) is 36.3 Å². The first kappa shape index (κ1) is 2.88. The van der Waals surface area contributed by atoms with E-state index >= 15 is 0 Å². The summed E-state index contributed by atoms with van der Waals surface area (Å²) in [4.78, 5) is 0. The van der Waals surface area contributed by atoms with Crippen LogP contribution in [0.3, 0.4) is 0 Å². The van der Waals surface area contributed by atoms with E-state index in [0.717, 1.165) is 0 Å². The lowest BCUT2D eigenvalue weighted by atomic mass is 10.2. The van der Waals surface area contributed by atoms with Crippen molar-refractivity contribution in [3.8, 4) is 0 Å². The van der Waals surface area contributed by atoms with Crippen LogP contribution in [0, 0.1) is 0 Å². The summed E-state index contributed by atoms with van der Waals surface area (Å²) in [5, 5.41) is 0.234. The second-order valence-corrected chi connectivity index (χ2v) is 2.58. The first-order valence-corrected chi connectivity index (χ1v) is 3.74. The number of para-hydroxylation sites is 2. The number of hydrogen-bond donors (Lipinski definition) is 0. The minimum Gasteiger partial charge on any atom is -0.456 e. The van der Waals surface area contributed by atoms with Gasteiger partial charge in [-0.3, -0.25) is 0 Å². The average molecular weight is 175 g/mol. The lowest BCUT2D eigenvalue weighted by Gasteiger charge is -1.85. The molecular formula is C12H8O. The quantitative estimate of drug-likeness (QED) is 0.509. The van der Waals surface area contributed by atoms with Crippen molar-refractivity contribution in [2.45, 2.75) is 0 Å². The molecule has 0 spiro atoms. The molecule has 62 valence electrons. The van der Waals surface area contributed by atoms with E-state index in [2.05, 4.69) is 0 Å². The Kier molecular flexibility index (Phi) is 0.523. The van der Waals surface area contributed by atoms with Crippen molar-refractivity contribution < 1.29 is 14.0 Å². The molecule has 0 aliphatic heterocycles. The van der Waals surface area contributed by atoms with Crippen LogP contribution in [0.15, 0.2) is 52.8 Å². The van der Waals surface area contributed by atoms with Crippen molar-refractivity contribution in [3.05, 3.63) is 48.4 Å². The van der Waals surface area contributed by atoms with Crippen LogP contribution in [0.1, 0.15) is 9.60 Å². The SMILES string of the molecule is [2H]c1cc2oc3c([2H])c([2H])c([2H])c([2H])c3c2c([2H])c1[2H]. The smallest absolute Gasteiger partial charge is 0.135 e. The summed E-state index contributed by atoms with van der Waals surface area (Å²) >= 11 is 0. The predicted octanol–water partition coefficient (Wildman–Crippen LogP) is 3.59. The van der Waals surface area contributed by atoms with Crippen LogP contribution in [-0.2, 0) is 0 Å². The highest BCUT2D eigenvalue weighted by atomic mass is 16.3. The van der Waals surface area contributed by atoms with E-state index in [1.165, 1.54) is 6.07 Å². The number of fused-ring (bicyclic) bond motifs is 3. The van der Waals surface area contributed by atoms with Gasteiger partial charge < -0.3 is 4.42 Å². The zero-order chi connectivity index (χ0) is 14.8. The summed E-state index contributed by atoms with van der Waals surface area (Å²) in [6, 6.07) is -0.945. The van der Waals surface area contributed by atoms with Crippen molar-refractivity contribution in [3.63, 3.8) is 0 Å². The van der Waals surface area contributed by atoms with E-state index in [9.17, 15) is 0 Å². The van der Waals surface area contributed by atoms with Gasteiger partial charge in [0.15, 0.2) is 0 Å². The highest BCUT2D eigenvalue weighted by Crippen LogP contribution is 2.27. The van der Waals surface area contributed by atoms with Gasteiger partial charge in [0.25, 0.3) is 0 Å². The van der Waals surface area contributed by atoms with Crippen molar-refractivity contribution >= 4 is 21.9 Å². The van der Waals surface area contributed by atoms with Crippen LogP contribution in [0.4, 0.5) is 0 Å². The summed E-state index contributed by atoms with van der Waals surface area (Å²) in [6.45, 7) is 0. The molecule has 1 nitrogen and oxygen atoms in total. The molecule has 1 heterocycles. The molecule has 2 aromatic carbocycles. The minimum atomic E-state index is -0.412. The van der Waals surface area contributed by atoms with Gasteiger partial charge in [0.05, 0.1) is 9.60 Å². The Morgan fingerprint density at radius 1 is 0.846 bits per heavy atom. The normalized spacial score (nSPS) is 18.6. The molecule has 0 N–H and O–H groups in total.